The van der Waals surface area contributed by atoms with Crippen molar-refractivity contribution in [2.75, 3.05) is 37.0 Å². The molecule has 10 heteroatoms. The van der Waals surface area contributed by atoms with Gasteiger partial charge in [0.2, 0.25) is 10.0 Å². The molecule has 1 heterocycles. The van der Waals surface area contributed by atoms with Crippen molar-refractivity contribution < 1.29 is 31.0 Å². The summed E-state index contributed by atoms with van der Waals surface area (Å²) in [5.74, 6) is 0.489. The van der Waals surface area contributed by atoms with Gasteiger partial charge in [-0.05, 0) is 32.0 Å². The van der Waals surface area contributed by atoms with Crippen molar-refractivity contribution in [1.29, 1.82) is 0 Å². The Morgan fingerprint density at radius 3 is 1.56 bits per heavy atom. The molecule has 0 amide bonds. The molecule has 3 aromatic carbocycles. The molecular formula is C33H43Cl2N3O3RuS. The van der Waals surface area contributed by atoms with E-state index in [0.29, 0.717) is 11.3 Å². The molecule has 0 spiro atoms. The Morgan fingerprint density at radius 1 is 0.791 bits per heavy atom. The fraction of sp³-hybridized carbons (Fsp3) is 0.424. The first-order valence-corrected chi connectivity index (χ1v) is 17.4. The van der Waals surface area contributed by atoms with Crippen molar-refractivity contribution in [2.45, 2.75) is 71.2 Å². The third-order valence-electron chi connectivity index (χ3n) is 7.15. The molecule has 43 heavy (non-hydrogen) atoms. The number of ether oxygens (including phenoxy) is 1. The van der Waals surface area contributed by atoms with Gasteiger partial charge in [-0.1, -0.05) is 23.2 Å². The summed E-state index contributed by atoms with van der Waals surface area (Å²) in [7, 11) is -0.588. The second-order valence-corrected chi connectivity index (χ2v) is 15.5. The summed E-state index contributed by atoms with van der Waals surface area (Å²) < 4.78 is 32.0. The quantitative estimate of drug-likeness (QED) is 0.184. The van der Waals surface area contributed by atoms with E-state index in [2.05, 4.69) is 93.5 Å². The molecule has 0 aromatic heterocycles. The first kappa shape index (κ1) is 35.5. The number of rotatable bonds is 7. The molecule has 0 radical (unpaired) electrons. The van der Waals surface area contributed by atoms with Gasteiger partial charge in [-0.3, -0.25) is 0 Å². The number of nitrogens with zero attached hydrogens (tertiary/aromatic N) is 3. The molecule has 1 aliphatic rings. The van der Waals surface area contributed by atoms with Crippen LogP contribution < -0.4 is 14.5 Å². The predicted octanol–water partition coefficient (Wildman–Crippen LogP) is 7.70. The average molecular weight is 734 g/mol. The van der Waals surface area contributed by atoms with Crippen LogP contribution in [0.5, 0.6) is 5.75 Å². The van der Waals surface area contributed by atoms with Crippen LogP contribution in [0.3, 0.4) is 0 Å². The van der Waals surface area contributed by atoms with Crippen molar-refractivity contribution in [2.24, 2.45) is 0 Å². The number of aryl methyl sites for hydroxylation is 6. The number of sulfonamides is 1. The van der Waals surface area contributed by atoms with Crippen LogP contribution in [0.1, 0.15) is 57.6 Å². The molecular weight excluding hydrogens is 690 g/mol. The Labute approximate surface area is 278 Å². The molecule has 6 nitrogen and oxygen atoms in total. The van der Waals surface area contributed by atoms with E-state index < -0.39 is 14.9 Å². The molecule has 1 aliphatic heterocycles. The van der Waals surface area contributed by atoms with E-state index in [9.17, 15) is 8.42 Å². The summed E-state index contributed by atoms with van der Waals surface area (Å²) in [6, 6.07) is 13.6. The Morgan fingerprint density at radius 2 is 1.21 bits per heavy atom. The third kappa shape index (κ3) is 8.21. The van der Waals surface area contributed by atoms with Crippen LogP contribution in [-0.4, -0.2) is 50.4 Å². The van der Waals surface area contributed by atoms with Gasteiger partial charge in [0, 0.05) is 19.7 Å². The predicted molar refractivity (Wildman–Crippen MR) is 179 cm³/mol. The van der Waals surface area contributed by atoms with Crippen molar-refractivity contribution in [1.82, 2.24) is 4.31 Å². The number of alkyl halides is 2. The van der Waals surface area contributed by atoms with Gasteiger partial charge in [-0.25, -0.2) is 12.7 Å². The van der Waals surface area contributed by atoms with Gasteiger partial charge in [0.05, 0.1) is 11.0 Å². The van der Waals surface area contributed by atoms with E-state index in [4.69, 9.17) is 27.9 Å². The van der Waals surface area contributed by atoms with Crippen LogP contribution in [0, 0.1) is 41.5 Å². The van der Waals surface area contributed by atoms with Gasteiger partial charge in [0.1, 0.15) is 10.6 Å². The van der Waals surface area contributed by atoms with Crippen LogP contribution >= 0.6 is 23.2 Å². The van der Waals surface area contributed by atoms with Gasteiger partial charge in [0.15, 0.2) is 0 Å². The second kappa shape index (κ2) is 14.4. The summed E-state index contributed by atoms with van der Waals surface area (Å²) in [4.78, 5) is 4.19. The molecule has 0 saturated carbocycles. The van der Waals surface area contributed by atoms with Crippen molar-refractivity contribution in [3.63, 3.8) is 0 Å². The molecule has 0 atom stereocenters. The maximum absolute atomic E-state index is 12.0. The number of anilines is 2. The standard InChI is InChI=1S/C21H26N2.C12H17Cl2NO3S.Ru/c1-14-9-16(3)20(17(4)10-14)22-7-8-23(13-22)21-18(5)11-15(2)12-19(21)6;1-8(2)18-11-6-5-9(7-10(11)12(13)14)19(16,17)15(3)4;/h9-12H,7-8H2,1-6H3;5-8,12H,1-4H3;. The minimum atomic E-state index is -3.52. The van der Waals surface area contributed by atoms with Gasteiger partial charge in [-0.2, -0.15) is 0 Å². The van der Waals surface area contributed by atoms with Crippen LogP contribution in [0.15, 0.2) is 47.4 Å². The van der Waals surface area contributed by atoms with Crippen molar-refractivity contribution in [3.8, 4) is 5.75 Å². The molecule has 1 fully saturated rings. The Balaban J connectivity index is 0.000000243. The zero-order valence-electron chi connectivity index (χ0n) is 26.7. The van der Waals surface area contributed by atoms with Gasteiger partial charge in [0.25, 0.3) is 0 Å². The average Bonchev–Trinajstić information content (AvgIpc) is 3.23. The monoisotopic (exact) mass is 733 g/mol. The van der Waals surface area contributed by atoms with Gasteiger partial charge >= 0.3 is 156 Å². The van der Waals surface area contributed by atoms with E-state index >= 15 is 0 Å². The second-order valence-electron chi connectivity index (χ2n) is 11.5. The molecule has 0 aliphatic carbocycles. The zero-order valence-corrected chi connectivity index (χ0v) is 30.8. The molecule has 0 N–H and O–H groups in total. The van der Waals surface area contributed by atoms with Crippen LogP contribution in [0.25, 0.3) is 0 Å². The summed E-state index contributed by atoms with van der Waals surface area (Å²) in [5, 5.41) is 0. The number of halogens is 2. The Bertz CT molecular complexity index is 1490. The van der Waals surface area contributed by atoms with Gasteiger partial charge < -0.3 is 4.74 Å². The van der Waals surface area contributed by atoms with Crippen LogP contribution in [0.4, 0.5) is 11.4 Å². The molecule has 1 saturated heterocycles. The first-order chi connectivity index (χ1) is 19.9. The van der Waals surface area contributed by atoms with Crippen molar-refractivity contribution in [3.05, 3.63) is 81.4 Å². The molecule has 3 aromatic rings. The molecule has 4 rings (SSSR count). The Kier molecular flexibility index (Phi) is 11.9. The van der Waals surface area contributed by atoms with E-state index in [1.807, 2.05) is 13.8 Å². The summed E-state index contributed by atoms with van der Waals surface area (Å²) in [5.41, 5.74) is 11.3. The number of benzene rings is 3. The van der Waals surface area contributed by atoms with E-state index in [1.54, 1.807) is 6.07 Å². The number of hydrogen-bond acceptors (Lipinski definition) is 5. The van der Waals surface area contributed by atoms with E-state index in [0.717, 1.165) is 17.4 Å². The fourth-order valence-corrected chi connectivity index (χ4v) is 7.61. The molecule has 236 valence electrons. The molecule has 0 unspecified atom stereocenters. The SMILES string of the molecule is CC(C)Oc1ccc(S(=O)(=O)N(C)C)cc1C(Cl)Cl.Cc1cc(C)c(N2CCN(c3c(C)cc(C)cc3C)[C]2=[Ru])c(C)c1. The van der Waals surface area contributed by atoms with E-state index in [-0.39, 0.29) is 11.0 Å². The fourth-order valence-electron chi connectivity index (χ4n) is 5.55. The Hall–Kier alpha value is -1.96. The third-order valence-corrected chi connectivity index (χ3v) is 10.4. The van der Waals surface area contributed by atoms with Gasteiger partial charge in [-0.15, -0.1) is 0 Å². The number of hydrogen-bond donors (Lipinski definition) is 0. The first-order valence-electron chi connectivity index (χ1n) is 14.2. The normalized spacial score (nSPS) is 13.7. The van der Waals surface area contributed by atoms with Crippen LogP contribution in [0.2, 0.25) is 0 Å². The van der Waals surface area contributed by atoms with Crippen LogP contribution in [-0.2, 0) is 27.9 Å². The topological polar surface area (TPSA) is 53.1 Å². The van der Waals surface area contributed by atoms with Crippen molar-refractivity contribution >= 4 is 49.0 Å². The minimum absolute atomic E-state index is 0.0536. The zero-order chi connectivity index (χ0) is 32.4. The summed E-state index contributed by atoms with van der Waals surface area (Å²) in [6.07, 6.45) is -0.0536. The summed E-state index contributed by atoms with van der Waals surface area (Å²) in [6.45, 7) is 19.0. The summed E-state index contributed by atoms with van der Waals surface area (Å²) >= 11 is 14.6. The molecule has 0 bridgehead atoms. The van der Waals surface area contributed by atoms with E-state index in [1.165, 1.54) is 75.3 Å². The maximum atomic E-state index is 12.0.